The molecule has 1 aliphatic rings. The molecule has 0 saturated carbocycles. The molecule has 0 spiro atoms. The van der Waals surface area contributed by atoms with Crippen molar-refractivity contribution >= 4 is 17.4 Å². The summed E-state index contributed by atoms with van der Waals surface area (Å²) in [5.41, 5.74) is 2.50. The van der Waals surface area contributed by atoms with Gasteiger partial charge in [0.25, 0.3) is 0 Å². The largest absolute Gasteiger partial charge is 0.489 e. The van der Waals surface area contributed by atoms with Crippen LogP contribution >= 0.6 is 0 Å². The molecule has 4 aromatic rings. The lowest BCUT2D eigenvalue weighted by Gasteiger charge is -2.49. The maximum Gasteiger partial charge on any atom is 0.235 e. The van der Waals surface area contributed by atoms with Gasteiger partial charge in [0.15, 0.2) is 5.78 Å². The Balaban J connectivity index is 1.36. The first-order chi connectivity index (χ1) is 18.4. The van der Waals surface area contributed by atoms with Gasteiger partial charge in [0.2, 0.25) is 5.91 Å². The summed E-state index contributed by atoms with van der Waals surface area (Å²) in [4.78, 5) is 27.5. The van der Waals surface area contributed by atoms with E-state index >= 15 is 0 Å². The van der Waals surface area contributed by atoms with Crippen molar-refractivity contribution in [3.05, 3.63) is 131 Å². The number of carbonyl (C=O) groups is 2. The topological polar surface area (TPSA) is 66.8 Å². The van der Waals surface area contributed by atoms with Crippen molar-refractivity contribution in [2.45, 2.75) is 25.2 Å². The van der Waals surface area contributed by atoms with Crippen LogP contribution in [0.4, 0.5) is 14.5 Å². The number of hydrogen-bond acceptors (Lipinski definition) is 4. The minimum absolute atomic E-state index is 0.254. The van der Waals surface area contributed by atoms with E-state index in [0.29, 0.717) is 18.0 Å². The van der Waals surface area contributed by atoms with Gasteiger partial charge in [0.05, 0.1) is 18.1 Å². The highest BCUT2D eigenvalue weighted by molar-refractivity contribution is 6.04. The Hall–Kier alpha value is -4.36. The van der Waals surface area contributed by atoms with Gasteiger partial charge in [-0.2, -0.15) is 0 Å². The van der Waals surface area contributed by atoms with E-state index in [-0.39, 0.29) is 17.9 Å². The van der Waals surface area contributed by atoms with E-state index in [2.05, 4.69) is 0 Å². The zero-order valence-electron chi connectivity index (χ0n) is 20.3. The average Bonchev–Trinajstić information content (AvgIpc) is 2.93. The number of amides is 1. The fraction of sp³-hybridized carbons (Fsp3) is 0.161. The second-order valence-corrected chi connectivity index (χ2v) is 9.20. The average molecular weight is 514 g/mol. The van der Waals surface area contributed by atoms with Gasteiger partial charge < -0.3 is 14.7 Å². The Labute approximate surface area is 218 Å². The monoisotopic (exact) mass is 513 g/mol. The number of rotatable bonds is 9. The number of anilines is 1. The summed E-state index contributed by atoms with van der Waals surface area (Å²) >= 11 is 0. The van der Waals surface area contributed by atoms with Crippen molar-refractivity contribution < 1.29 is 28.2 Å². The Morgan fingerprint density at radius 1 is 0.842 bits per heavy atom. The summed E-state index contributed by atoms with van der Waals surface area (Å²) in [5, 5.41) is 11.0. The number of Topliss-reactive ketones (excluding diaryl/α,β-unsaturated/α-hetero) is 1. The molecule has 1 saturated heterocycles. The third-order valence-electron chi connectivity index (χ3n) is 6.69. The molecule has 3 atom stereocenters. The molecule has 192 valence electrons. The summed E-state index contributed by atoms with van der Waals surface area (Å²) in [6.07, 6.45) is -1.57. The van der Waals surface area contributed by atoms with Crippen LogP contribution < -0.4 is 9.64 Å². The fourth-order valence-electron chi connectivity index (χ4n) is 4.70. The summed E-state index contributed by atoms with van der Waals surface area (Å²) in [5.74, 6) is -1.91. The van der Waals surface area contributed by atoms with Gasteiger partial charge in [0.1, 0.15) is 24.0 Å². The highest BCUT2D eigenvalue weighted by atomic mass is 19.1. The van der Waals surface area contributed by atoms with E-state index in [1.54, 1.807) is 12.1 Å². The third kappa shape index (κ3) is 5.33. The summed E-state index contributed by atoms with van der Waals surface area (Å²) in [6, 6.07) is 27.0. The van der Waals surface area contributed by atoms with Gasteiger partial charge in [-0.1, -0.05) is 42.5 Å². The van der Waals surface area contributed by atoms with E-state index in [0.717, 1.165) is 11.1 Å². The molecule has 1 fully saturated rings. The van der Waals surface area contributed by atoms with Crippen LogP contribution in [0.15, 0.2) is 103 Å². The van der Waals surface area contributed by atoms with Gasteiger partial charge in [0, 0.05) is 17.7 Å². The van der Waals surface area contributed by atoms with Crippen molar-refractivity contribution in [3.63, 3.8) is 0 Å². The van der Waals surface area contributed by atoms with E-state index in [1.165, 1.54) is 53.4 Å². The molecule has 1 heterocycles. The van der Waals surface area contributed by atoms with Crippen LogP contribution in [-0.4, -0.2) is 22.9 Å². The Morgan fingerprint density at radius 2 is 1.45 bits per heavy atom. The molecule has 0 aromatic heterocycles. The van der Waals surface area contributed by atoms with E-state index < -0.39 is 35.5 Å². The maximum absolute atomic E-state index is 13.5. The Kier molecular flexibility index (Phi) is 7.29. The lowest BCUT2D eigenvalue weighted by atomic mass is 9.76. The number of β-lactam (4-membered cyclic amide) rings is 1. The summed E-state index contributed by atoms with van der Waals surface area (Å²) < 4.78 is 32.7. The molecule has 1 aliphatic heterocycles. The number of nitrogens with zero attached hydrogens (tertiary/aromatic N) is 1. The molecular formula is C31H25F2NO4. The van der Waals surface area contributed by atoms with Crippen LogP contribution in [0.3, 0.4) is 0 Å². The lowest BCUT2D eigenvalue weighted by molar-refractivity contribution is -0.135. The predicted octanol–water partition coefficient (Wildman–Crippen LogP) is 5.88. The molecule has 4 aromatic carbocycles. The molecule has 1 N–H and O–H groups in total. The number of benzene rings is 4. The normalized spacial score (nSPS) is 17.6. The van der Waals surface area contributed by atoms with Crippen molar-refractivity contribution in [1.29, 1.82) is 0 Å². The van der Waals surface area contributed by atoms with Crippen molar-refractivity contribution in [2.75, 3.05) is 4.90 Å². The van der Waals surface area contributed by atoms with Gasteiger partial charge in [-0.25, -0.2) is 8.78 Å². The second kappa shape index (κ2) is 10.9. The molecule has 38 heavy (non-hydrogen) atoms. The molecule has 5 rings (SSSR count). The van der Waals surface area contributed by atoms with Gasteiger partial charge in [-0.3, -0.25) is 9.59 Å². The number of aliphatic hydroxyl groups excluding tert-OH is 1. The van der Waals surface area contributed by atoms with Crippen LogP contribution in [0.1, 0.15) is 33.9 Å². The highest BCUT2D eigenvalue weighted by Gasteiger charge is 2.52. The maximum atomic E-state index is 13.5. The third-order valence-corrected chi connectivity index (χ3v) is 6.69. The zero-order chi connectivity index (χ0) is 26.6. The quantitative estimate of drug-likeness (QED) is 0.224. The van der Waals surface area contributed by atoms with Crippen molar-refractivity contribution in [3.8, 4) is 5.75 Å². The molecule has 3 unspecified atom stereocenters. The number of hydrogen-bond donors (Lipinski definition) is 1. The molecule has 0 radical (unpaired) electrons. The van der Waals surface area contributed by atoms with Crippen molar-refractivity contribution in [2.24, 2.45) is 5.92 Å². The highest BCUT2D eigenvalue weighted by Crippen LogP contribution is 2.46. The first kappa shape index (κ1) is 25.3. The minimum Gasteiger partial charge on any atom is -0.489 e. The molecule has 0 bridgehead atoms. The minimum atomic E-state index is -1.27. The number of ether oxygens (including phenoxy) is 1. The molecular weight excluding hydrogens is 488 g/mol. The summed E-state index contributed by atoms with van der Waals surface area (Å²) in [6.45, 7) is 0.399. The Bertz CT molecular complexity index is 1410. The molecule has 0 aliphatic carbocycles. The number of aliphatic hydroxyl groups is 1. The predicted molar refractivity (Wildman–Crippen MR) is 139 cm³/mol. The van der Waals surface area contributed by atoms with Crippen LogP contribution in [0.2, 0.25) is 0 Å². The van der Waals surface area contributed by atoms with Crippen LogP contribution in [0, 0.1) is 17.6 Å². The first-order valence-corrected chi connectivity index (χ1v) is 12.2. The molecule has 5 nitrogen and oxygen atoms in total. The second-order valence-electron chi connectivity index (χ2n) is 9.20. The van der Waals surface area contributed by atoms with E-state index in [4.69, 9.17) is 4.74 Å². The lowest BCUT2D eigenvalue weighted by Crippen LogP contribution is -2.59. The van der Waals surface area contributed by atoms with Crippen LogP contribution in [-0.2, 0) is 11.4 Å². The number of carbonyl (C=O) groups excluding carboxylic acids is 2. The number of ketones is 1. The molecule has 7 heteroatoms. The van der Waals surface area contributed by atoms with Gasteiger partial charge in [-0.05, 0) is 71.8 Å². The number of halogens is 2. The smallest absolute Gasteiger partial charge is 0.235 e. The van der Waals surface area contributed by atoms with E-state index in [1.807, 2.05) is 42.5 Å². The van der Waals surface area contributed by atoms with Gasteiger partial charge in [-0.15, -0.1) is 0 Å². The SMILES string of the molecule is O=C(CC(O)C1C(=O)N(c2ccc(F)cc2)C1c1ccc(OCc2ccccc2)cc1)c1ccc(F)cc1. The zero-order valence-corrected chi connectivity index (χ0v) is 20.3. The van der Waals surface area contributed by atoms with Crippen LogP contribution in [0.5, 0.6) is 5.75 Å². The summed E-state index contributed by atoms with van der Waals surface area (Å²) in [7, 11) is 0. The first-order valence-electron chi connectivity index (χ1n) is 12.2. The fourth-order valence-corrected chi connectivity index (χ4v) is 4.70. The Morgan fingerprint density at radius 3 is 2.08 bits per heavy atom. The van der Waals surface area contributed by atoms with Crippen LogP contribution in [0.25, 0.3) is 0 Å². The standard InChI is InChI=1S/C31H25F2NO4/c32-23-10-6-21(7-11-23)27(35)18-28(36)29-30(34(31(29)37)25-14-12-24(33)13-15-25)22-8-16-26(17-9-22)38-19-20-4-2-1-3-5-20/h1-17,28-30,36H,18-19H2. The van der Waals surface area contributed by atoms with Crippen molar-refractivity contribution in [1.82, 2.24) is 0 Å². The van der Waals surface area contributed by atoms with E-state index in [9.17, 15) is 23.5 Å². The van der Waals surface area contributed by atoms with Gasteiger partial charge >= 0.3 is 0 Å². The molecule has 1 amide bonds.